The van der Waals surface area contributed by atoms with E-state index in [0.29, 0.717) is 17.5 Å². The highest BCUT2D eigenvalue weighted by molar-refractivity contribution is 7.25. The van der Waals surface area contributed by atoms with Crippen LogP contribution >= 0.6 is 11.3 Å². The van der Waals surface area contributed by atoms with E-state index in [-0.39, 0.29) is 0 Å². The van der Waals surface area contributed by atoms with Crippen LogP contribution in [0.15, 0.2) is 197 Å². The molecule has 6 heteroatoms. The Kier molecular flexibility index (Phi) is 7.41. The summed E-state index contributed by atoms with van der Waals surface area (Å²) in [5, 5.41) is 8.74. The molecule has 0 radical (unpaired) electrons. The van der Waals surface area contributed by atoms with Crippen LogP contribution in [0.25, 0.3) is 131 Å². The van der Waals surface area contributed by atoms with Crippen molar-refractivity contribution in [1.29, 1.82) is 0 Å². The van der Waals surface area contributed by atoms with Crippen molar-refractivity contribution in [2.45, 2.75) is 0 Å². The van der Waals surface area contributed by atoms with Gasteiger partial charge in [0.1, 0.15) is 22.3 Å². The van der Waals surface area contributed by atoms with Crippen LogP contribution in [0, 0.1) is 0 Å². The maximum atomic E-state index is 6.68. The lowest BCUT2D eigenvalue weighted by Gasteiger charge is -2.14. The molecule has 61 heavy (non-hydrogen) atoms. The summed E-state index contributed by atoms with van der Waals surface area (Å²) in [5.74, 6) is 1.77. The fraction of sp³-hybridized carbons (Fsp3) is 0. The van der Waals surface area contributed by atoms with Crippen LogP contribution in [-0.4, -0.2) is 15.0 Å². The van der Waals surface area contributed by atoms with Gasteiger partial charge in [-0.3, -0.25) is 0 Å². The normalized spacial score (nSPS) is 11.9. The smallest absolute Gasteiger partial charge is 0.164 e. The molecule has 0 unspecified atom stereocenters. The number of thiophene rings is 1. The van der Waals surface area contributed by atoms with Crippen molar-refractivity contribution >= 4 is 86.2 Å². The van der Waals surface area contributed by atoms with Gasteiger partial charge in [0.25, 0.3) is 0 Å². The molecule has 0 aliphatic rings. The Hall–Kier alpha value is -7.93. The predicted molar refractivity (Wildman–Crippen MR) is 252 cm³/mol. The molecule has 9 aromatic carbocycles. The third-order valence-electron chi connectivity index (χ3n) is 12.0. The van der Waals surface area contributed by atoms with Crippen LogP contribution in [0.1, 0.15) is 0 Å². The first-order chi connectivity index (χ1) is 30.2. The van der Waals surface area contributed by atoms with Gasteiger partial charge in [0.05, 0.1) is 0 Å². The Labute approximate surface area is 352 Å². The van der Waals surface area contributed by atoms with Crippen LogP contribution in [0.4, 0.5) is 0 Å². The van der Waals surface area contributed by atoms with Gasteiger partial charge < -0.3 is 8.83 Å². The third kappa shape index (κ3) is 5.36. The monoisotopic (exact) mass is 797 g/mol. The van der Waals surface area contributed by atoms with E-state index in [4.69, 9.17) is 23.8 Å². The van der Waals surface area contributed by atoms with Gasteiger partial charge in [-0.2, -0.15) is 0 Å². The molecule has 0 amide bonds. The molecule has 4 heterocycles. The Bertz CT molecular complexity index is 3900. The van der Waals surface area contributed by atoms with E-state index in [9.17, 15) is 0 Å². The van der Waals surface area contributed by atoms with Gasteiger partial charge in [0.15, 0.2) is 17.5 Å². The van der Waals surface area contributed by atoms with Crippen LogP contribution in [0.2, 0.25) is 0 Å². The largest absolute Gasteiger partial charge is 0.456 e. The standard InChI is InChI=1S/C55H31N3O2S/c1-2-13-32(14-3-1)35-27-28-41(38-16-5-4-15-37(35)38)54-56-53(33-25-26-40-39-17-8-11-24-49(39)61-50(40)31-33)57-55(58-54)44-29-34(30-48-52(44)43-19-7-10-22-46(43)60-48)36-20-12-23-47-51(36)42-18-6-9-21-45(42)59-47/h1-31H. The lowest BCUT2D eigenvalue weighted by atomic mass is 9.94. The Morgan fingerprint density at radius 2 is 0.869 bits per heavy atom. The zero-order valence-electron chi connectivity index (χ0n) is 32.5. The summed E-state index contributed by atoms with van der Waals surface area (Å²) < 4.78 is 15.5. The molecular formula is C55H31N3O2S. The molecule has 0 bridgehead atoms. The van der Waals surface area contributed by atoms with E-state index in [1.165, 1.54) is 20.2 Å². The molecule has 13 rings (SSSR count). The minimum atomic E-state index is 0.565. The second-order valence-electron chi connectivity index (χ2n) is 15.5. The minimum absolute atomic E-state index is 0.565. The highest BCUT2D eigenvalue weighted by atomic mass is 32.1. The lowest BCUT2D eigenvalue weighted by molar-refractivity contribution is 0.668. The summed E-state index contributed by atoms with van der Waals surface area (Å²) in [6.45, 7) is 0. The Balaban J connectivity index is 1.11. The summed E-state index contributed by atoms with van der Waals surface area (Å²) in [6.07, 6.45) is 0. The van der Waals surface area contributed by atoms with Gasteiger partial charge in [0.2, 0.25) is 0 Å². The first-order valence-electron chi connectivity index (χ1n) is 20.3. The second kappa shape index (κ2) is 13.3. The number of benzene rings is 9. The van der Waals surface area contributed by atoms with Crippen molar-refractivity contribution in [1.82, 2.24) is 15.0 Å². The average molecular weight is 798 g/mol. The molecule has 0 spiro atoms. The van der Waals surface area contributed by atoms with Gasteiger partial charge in [-0.05, 0) is 81.6 Å². The highest BCUT2D eigenvalue weighted by Gasteiger charge is 2.23. The SMILES string of the molecule is c1ccc(-c2ccc(-c3nc(-c4ccc5c(c4)sc4ccccc45)nc(-c4cc(-c5cccc6oc7ccccc7c56)cc5oc6ccccc6c45)n3)c3ccccc23)cc1. The molecule has 0 aliphatic carbocycles. The molecule has 284 valence electrons. The van der Waals surface area contributed by atoms with Crippen molar-refractivity contribution in [3.05, 3.63) is 188 Å². The summed E-state index contributed by atoms with van der Waals surface area (Å²) in [7, 11) is 0. The second-order valence-corrected chi connectivity index (χ2v) is 16.5. The van der Waals surface area contributed by atoms with Crippen LogP contribution < -0.4 is 0 Å². The summed E-state index contributed by atoms with van der Waals surface area (Å²) >= 11 is 1.79. The lowest BCUT2D eigenvalue weighted by Crippen LogP contribution is -2.01. The topological polar surface area (TPSA) is 65.0 Å². The molecule has 13 aromatic rings. The Morgan fingerprint density at radius 1 is 0.295 bits per heavy atom. The van der Waals surface area contributed by atoms with Gasteiger partial charge in [-0.15, -0.1) is 11.3 Å². The first kappa shape index (κ1) is 34.0. The number of rotatable bonds is 5. The number of aromatic nitrogens is 3. The van der Waals surface area contributed by atoms with E-state index in [1.807, 2.05) is 30.3 Å². The van der Waals surface area contributed by atoms with Crippen molar-refractivity contribution in [3.8, 4) is 56.4 Å². The number of hydrogen-bond acceptors (Lipinski definition) is 6. The number of para-hydroxylation sites is 2. The highest BCUT2D eigenvalue weighted by Crippen LogP contribution is 2.44. The number of furan rings is 2. The molecule has 0 atom stereocenters. The molecule has 4 aromatic heterocycles. The fourth-order valence-electron chi connectivity index (χ4n) is 9.18. The van der Waals surface area contributed by atoms with E-state index in [0.717, 1.165) is 93.6 Å². The van der Waals surface area contributed by atoms with Crippen molar-refractivity contribution < 1.29 is 8.83 Å². The summed E-state index contributed by atoms with van der Waals surface area (Å²) in [5.41, 5.74) is 10.3. The molecule has 0 fully saturated rings. The van der Waals surface area contributed by atoms with Gasteiger partial charge in [-0.1, -0.05) is 140 Å². The third-order valence-corrected chi connectivity index (χ3v) is 13.1. The van der Waals surface area contributed by atoms with Crippen molar-refractivity contribution in [2.24, 2.45) is 0 Å². The van der Waals surface area contributed by atoms with E-state index >= 15 is 0 Å². The van der Waals surface area contributed by atoms with E-state index in [1.54, 1.807) is 11.3 Å². The van der Waals surface area contributed by atoms with Crippen molar-refractivity contribution in [2.75, 3.05) is 0 Å². The number of nitrogens with zero attached hydrogens (tertiary/aromatic N) is 3. The van der Waals surface area contributed by atoms with Crippen molar-refractivity contribution in [3.63, 3.8) is 0 Å². The zero-order chi connectivity index (χ0) is 40.0. The zero-order valence-corrected chi connectivity index (χ0v) is 33.3. The molecule has 0 N–H and O–H groups in total. The maximum Gasteiger partial charge on any atom is 0.164 e. The van der Waals surface area contributed by atoms with Gasteiger partial charge in [0, 0.05) is 58.4 Å². The molecule has 0 saturated heterocycles. The molecule has 5 nitrogen and oxygen atoms in total. The maximum absolute atomic E-state index is 6.68. The summed E-state index contributed by atoms with van der Waals surface area (Å²) in [4.78, 5) is 16.2. The number of fused-ring (bicyclic) bond motifs is 10. The fourth-order valence-corrected chi connectivity index (χ4v) is 10.3. The first-order valence-corrected chi connectivity index (χ1v) is 21.2. The average Bonchev–Trinajstić information content (AvgIpc) is 4.02. The van der Waals surface area contributed by atoms with Crippen LogP contribution in [0.5, 0.6) is 0 Å². The predicted octanol–water partition coefficient (Wildman–Crippen LogP) is 15.5. The number of hydrogen-bond donors (Lipinski definition) is 0. The minimum Gasteiger partial charge on any atom is -0.456 e. The summed E-state index contributed by atoms with van der Waals surface area (Å²) in [6, 6.07) is 65.6. The van der Waals surface area contributed by atoms with E-state index < -0.39 is 0 Å². The van der Waals surface area contributed by atoms with Crippen LogP contribution in [-0.2, 0) is 0 Å². The van der Waals surface area contributed by atoms with Gasteiger partial charge >= 0.3 is 0 Å². The molecular weight excluding hydrogens is 767 g/mol. The van der Waals surface area contributed by atoms with E-state index in [2.05, 4.69) is 158 Å². The molecule has 0 saturated carbocycles. The quantitative estimate of drug-likeness (QED) is 0.174. The van der Waals surface area contributed by atoms with Crippen LogP contribution in [0.3, 0.4) is 0 Å². The van der Waals surface area contributed by atoms with Gasteiger partial charge in [-0.25, -0.2) is 15.0 Å². The molecule has 0 aliphatic heterocycles. The Morgan fingerprint density at radius 3 is 1.66 bits per heavy atom.